The zero-order chi connectivity index (χ0) is 16.7. The molecule has 0 aromatic heterocycles. The van der Waals surface area contributed by atoms with Gasteiger partial charge < -0.3 is 14.8 Å². The number of nitrogens with one attached hydrogen (secondary N) is 1. The summed E-state index contributed by atoms with van der Waals surface area (Å²) in [6, 6.07) is 4.01. The standard InChI is InChI=1S/C15H19Cl2NO4/c1-4-9(2)14(15(20)21-3)18-13(19)8-22-12-7-10(16)5-6-11(12)17/h5-7,9,14H,4,8H2,1-3H3,(H,18,19)/t9-,14+/m0/s1. The van der Waals surface area contributed by atoms with Gasteiger partial charge >= 0.3 is 5.97 Å². The molecule has 0 aliphatic rings. The molecule has 2 atom stereocenters. The van der Waals surface area contributed by atoms with E-state index in [9.17, 15) is 9.59 Å². The number of methoxy groups -OCH3 is 1. The van der Waals surface area contributed by atoms with Gasteiger partial charge in [0.15, 0.2) is 6.61 Å². The van der Waals surface area contributed by atoms with Gasteiger partial charge in [0.2, 0.25) is 0 Å². The molecular formula is C15H19Cl2NO4. The van der Waals surface area contributed by atoms with Crippen molar-refractivity contribution in [1.82, 2.24) is 5.32 Å². The molecule has 1 aromatic rings. The van der Waals surface area contributed by atoms with Gasteiger partial charge in [-0.15, -0.1) is 0 Å². The van der Waals surface area contributed by atoms with Crippen molar-refractivity contribution in [3.63, 3.8) is 0 Å². The molecule has 5 nitrogen and oxygen atoms in total. The lowest BCUT2D eigenvalue weighted by Crippen LogP contribution is -2.47. The molecule has 0 bridgehead atoms. The van der Waals surface area contributed by atoms with Gasteiger partial charge in [-0.25, -0.2) is 4.79 Å². The number of esters is 1. The van der Waals surface area contributed by atoms with E-state index in [1.165, 1.54) is 13.2 Å². The minimum Gasteiger partial charge on any atom is -0.482 e. The Morgan fingerprint density at radius 3 is 2.59 bits per heavy atom. The molecular weight excluding hydrogens is 329 g/mol. The van der Waals surface area contributed by atoms with Crippen LogP contribution < -0.4 is 10.1 Å². The molecule has 1 amide bonds. The van der Waals surface area contributed by atoms with Crippen molar-refractivity contribution in [2.75, 3.05) is 13.7 Å². The average molecular weight is 348 g/mol. The van der Waals surface area contributed by atoms with Gasteiger partial charge in [-0.05, 0) is 18.1 Å². The lowest BCUT2D eigenvalue weighted by Gasteiger charge is -2.21. The largest absolute Gasteiger partial charge is 0.482 e. The third-order valence-corrected chi connectivity index (χ3v) is 3.78. The van der Waals surface area contributed by atoms with Gasteiger partial charge in [0, 0.05) is 11.1 Å². The van der Waals surface area contributed by atoms with Crippen LogP contribution in [0.4, 0.5) is 0 Å². The number of halogens is 2. The van der Waals surface area contributed by atoms with Crippen molar-refractivity contribution >= 4 is 35.1 Å². The first-order valence-corrected chi connectivity index (χ1v) is 7.59. The van der Waals surface area contributed by atoms with E-state index in [0.29, 0.717) is 15.8 Å². The number of carbonyl (C=O) groups excluding carboxylic acids is 2. The first-order chi connectivity index (χ1) is 10.4. The van der Waals surface area contributed by atoms with Gasteiger partial charge in [0.1, 0.15) is 11.8 Å². The third kappa shape index (κ3) is 5.39. The number of amides is 1. The van der Waals surface area contributed by atoms with Gasteiger partial charge in [-0.2, -0.15) is 0 Å². The van der Waals surface area contributed by atoms with Crippen LogP contribution in [-0.4, -0.2) is 31.6 Å². The highest BCUT2D eigenvalue weighted by Crippen LogP contribution is 2.27. The Morgan fingerprint density at radius 1 is 1.32 bits per heavy atom. The zero-order valence-corrected chi connectivity index (χ0v) is 14.2. The van der Waals surface area contributed by atoms with Crippen molar-refractivity contribution in [3.8, 4) is 5.75 Å². The van der Waals surface area contributed by atoms with Gasteiger partial charge in [0.05, 0.1) is 12.1 Å². The highest BCUT2D eigenvalue weighted by molar-refractivity contribution is 6.34. The Hall–Kier alpha value is -1.46. The predicted molar refractivity (Wildman–Crippen MR) is 85.4 cm³/mol. The van der Waals surface area contributed by atoms with Crippen LogP contribution in [0.2, 0.25) is 10.0 Å². The quantitative estimate of drug-likeness (QED) is 0.769. The fraction of sp³-hybridized carbons (Fsp3) is 0.467. The van der Waals surface area contributed by atoms with E-state index in [1.807, 2.05) is 13.8 Å². The molecule has 1 rings (SSSR count). The van der Waals surface area contributed by atoms with Crippen molar-refractivity contribution in [2.24, 2.45) is 5.92 Å². The minimum absolute atomic E-state index is 0.0499. The molecule has 0 heterocycles. The average Bonchev–Trinajstić information content (AvgIpc) is 2.51. The van der Waals surface area contributed by atoms with Crippen LogP contribution in [0.15, 0.2) is 18.2 Å². The fourth-order valence-electron chi connectivity index (χ4n) is 1.74. The maximum absolute atomic E-state index is 11.9. The van der Waals surface area contributed by atoms with E-state index in [2.05, 4.69) is 5.32 Å². The van der Waals surface area contributed by atoms with Crippen LogP contribution in [0.5, 0.6) is 5.75 Å². The normalized spacial score (nSPS) is 13.1. The Kier molecular flexibility index (Phi) is 7.48. The number of hydrogen-bond donors (Lipinski definition) is 1. The number of benzene rings is 1. The van der Waals surface area contributed by atoms with E-state index >= 15 is 0 Å². The smallest absolute Gasteiger partial charge is 0.328 e. The molecule has 0 fully saturated rings. The summed E-state index contributed by atoms with van der Waals surface area (Å²) in [5.74, 6) is -0.663. The molecule has 0 unspecified atom stereocenters. The summed E-state index contributed by atoms with van der Waals surface area (Å²) in [5, 5.41) is 3.41. The summed E-state index contributed by atoms with van der Waals surface area (Å²) in [6.07, 6.45) is 0.723. The highest BCUT2D eigenvalue weighted by atomic mass is 35.5. The molecule has 0 aliphatic carbocycles. The van der Waals surface area contributed by atoms with Crippen molar-refractivity contribution < 1.29 is 19.1 Å². The third-order valence-electron chi connectivity index (χ3n) is 3.24. The van der Waals surface area contributed by atoms with Gasteiger partial charge in [-0.3, -0.25) is 4.79 Å². The molecule has 1 N–H and O–H groups in total. The summed E-state index contributed by atoms with van der Waals surface area (Å²) in [4.78, 5) is 23.6. The van der Waals surface area contributed by atoms with Crippen LogP contribution >= 0.6 is 23.2 Å². The predicted octanol–water partition coefficient (Wildman–Crippen LogP) is 3.08. The van der Waals surface area contributed by atoms with E-state index in [0.717, 1.165) is 6.42 Å². The second-order valence-electron chi connectivity index (χ2n) is 4.82. The zero-order valence-electron chi connectivity index (χ0n) is 12.7. The Balaban J connectivity index is 2.64. The summed E-state index contributed by atoms with van der Waals surface area (Å²) in [5.41, 5.74) is 0. The fourth-order valence-corrected chi connectivity index (χ4v) is 2.08. The molecule has 0 saturated carbocycles. The number of carbonyl (C=O) groups is 2. The number of hydrogen-bond acceptors (Lipinski definition) is 4. The van der Waals surface area contributed by atoms with Crippen LogP contribution in [0, 0.1) is 5.92 Å². The molecule has 122 valence electrons. The topological polar surface area (TPSA) is 64.6 Å². The lowest BCUT2D eigenvalue weighted by atomic mass is 9.99. The van der Waals surface area contributed by atoms with Crippen LogP contribution in [0.3, 0.4) is 0 Å². The molecule has 0 saturated heterocycles. The molecule has 1 aromatic carbocycles. The minimum atomic E-state index is -0.707. The van der Waals surface area contributed by atoms with Crippen molar-refractivity contribution in [2.45, 2.75) is 26.3 Å². The Bertz CT molecular complexity index is 536. The highest BCUT2D eigenvalue weighted by Gasteiger charge is 2.26. The van der Waals surface area contributed by atoms with E-state index < -0.39 is 17.9 Å². The van der Waals surface area contributed by atoms with Crippen LogP contribution in [-0.2, 0) is 14.3 Å². The number of ether oxygens (including phenoxy) is 2. The molecule has 0 spiro atoms. The van der Waals surface area contributed by atoms with Crippen molar-refractivity contribution in [1.29, 1.82) is 0 Å². The molecule has 0 radical (unpaired) electrons. The second kappa shape index (κ2) is 8.86. The SMILES string of the molecule is CC[C@H](C)[C@@H](NC(=O)COc1cc(Cl)ccc1Cl)C(=O)OC. The first-order valence-electron chi connectivity index (χ1n) is 6.84. The van der Waals surface area contributed by atoms with Crippen LogP contribution in [0.1, 0.15) is 20.3 Å². The van der Waals surface area contributed by atoms with Gasteiger partial charge in [-0.1, -0.05) is 43.5 Å². The summed E-state index contributed by atoms with van der Waals surface area (Å²) in [7, 11) is 1.28. The number of rotatable bonds is 7. The van der Waals surface area contributed by atoms with Gasteiger partial charge in [0.25, 0.3) is 5.91 Å². The summed E-state index contributed by atoms with van der Waals surface area (Å²) < 4.78 is 10.0. The maximum atomic E-state index is 11.9. The second-order valence-corrected chi connectivity index (χ2v) is 5.66. The van der Waals surface area contributed by atoms with Crippen molar-refractivity contribution in [3.05, 3.63) is 28.2 Å². The van der Waals surface area contributed by atoms with Crippen LogP contribution in [0.25, 0.3) is 0 Å². The monoisotopic (exact) mass is 347 g/mol. The van der Waals surface area contributed by atoms with E-state index in [4.69, 9.17) is 32.7 Å². The molecule has 0 aliphatic heterocycles. The Labute approximate surface area is 139 Å². The summed E-state index contributed by atoms with van der Waals surface area (Å²) >= 11 is 11.8. The summed E-state index contributed by atoms with van der Waals surface area (Å²) in [6.45, 7) is 3.51. The van der Waals surface area contributed by atoms with E-state index in [1.54, 1.807) is 12.1 Å². The Morgan fingerprint density at radius 2 is 2.00 bits per heavy atom. The first kappa shape index (κ1) is 18.6. The molecule has 7 heteroatoms. The molecule has 22 heavy (non-hydrogen) atoms. The lowest BCUT2D eigenvalue weighted by molar-refractivity contribution is -0.146. The maximum Gasteiger partial charge on any atom is 0.328 e. The van der Waals surface area contributed by atoms with E-state index in [-0.39, 0.29) is 12.5 Å².